The van der Waals surface area contributed by atoms with Crippen molar-refractivity contribution in [2.75, 3.05) is 16.3 Å². The number of carbonyl (C=O) groups is 3. The molecule has 32 heteroatoms. The van der Waals surface area contributed by atoms with Crippen molar-refractivity contribution in [1.29, 1.82) is 0 Å². The molecule has 0 bridgehead atoms. The van der Waals surface area contributed by atoms with Crippen LogP contribution < -0.4 is 58.9 Å². The largest absolute Gasteiger partial charge is 0.502 e. The van der Waals surface area contributed by atoms with Gasteiger partial charge in [-0.1, -0.05) is 224 Å². The number of carbonyl (C=O) groups excluding carboxylic acids is 2. The Labute approximate surface area is 741 Å². The van der Waals surface area contributed by atoms with E-state index in [4.69, 9.17) is 25.0 Å². The second kappa shape index (κ2) is 43.2. The van der Waals surface area contributed by atoms with Crippen LogP contribution in [0.5, 0.6) is 17.2 Å². The fourth-order valence-corrected chi connectivity index (χ4v) is 17.3. The first kappa shape index (κ1) is 91.0. The van der Waals surface area contributed by atoms with Gasteiger partial charge >= 0.3 is 5.97 Å². The van der Waals surface area contributed by atoms with E-state index in [1.54, 1.807) is 12.1 Å². The van der Waals surface area contributed by atoms with Crippen LogP contribution in [0.15, 0.2) is 327 Å². The third-order valence-electron chi connectivity index (χ3n) is 20.1. The van der Waals surface area contributed by atoms with E-state index in [1.807, 2.05) is 212 Å². The first-order valence-corrected chi connectivity index (χ1v) is 41.9. The summed E-state index contributed by atoms with van der Waals surface area (Å²) in [6.07, 6.45) is 3.99. The topological polar surface area (TPSA) is 290 Å². The SMILES string of the molecule is Cl.NOCc1ccccc1.O=C(NOCc1ccccc1)c1c(O)c(=O)ccn1NC1c2ccccc2SCc2c1ccc(F)c2F.O=C(NOCc1ccccc1)c1c(OCc2ccccc2)c(=O)ccn1NC1c2ccccc2SCc2c1ccc(F)c2F.O=C(O)c1c(OCc2ccccc2)c(=O)ccn1NC1c2ccccc2SCc2c1ccc(F)c2F. The fourth-order valence-electron chi connectivity index (χ4n) is 14.0. The summed E-state index contributed by atoms with van der Waals surface area (Å²) < 4.78 is 103. The summed E-state index contributed by atoms with van der Waals surface area (Å²) in [5.41, 5.74) is 19.9. The molecule has 3 aliphatic rings. The number of hydrogen-bond donors (Lipinski definition) is 8. The Morgan fingerprint density at radius 2 is 0.654 bits per heavy atom. The van der Waals surface area contributed by atoms with Gasteiger partial charge in [0.1, 0.15) is 13.2 Å². The standard InChI is InChI=1S/C34H27F2N3O4S.C27H21F2N3O4S.C27H20F2N2O4S.C7H9NO.ClH/c35-27-16-15-24-26(30(27)36)21-44-29-14-8-7-13-25(29)31(24)37-39-18-17-28(40)33(42-19-22-9-3-1-4-10-22)32(39)34(41)38-43-20-23-11-5-2-6-12-23;28-20-11-10-17-19(23(20)29)15-37-22-9-5-4-8-18(22)24(17)30-32-13-12-21(33)26(34)25(32)27(35)31-36-14-16-6-2-1-3-7-16;28-20-11-10-17-19(23(20)29)15-36-22-9-5-4-8-18(22)24(17)30-31-13-12-21(32)26(25(31)27(33)34)35-14-16-6-2-1-3-7-16;8-9-6-7-4-2-1-3-5-7;/h1-18,31,37H,19-21H2,(H,38,41);1-13,24,30,34H,14-15H2,(H,31,35);1-13,24,30H,14-15H2,(H,33,34);1-5H,6,8H2;1H. The lowest BCUT2D eigenvalue weighted by Crippen LogP contribution is -2.34. The zero-order valence-corrected chi connectivity index (χ0v) is 70.1. The van der Waals surface area contributed by atoms with Gasteiger partial charge in [0.15, 0.2) is 69.2 Å². The van der Waals surface area contributed by atoms with Crippen molar-refractivity contribution in [3.8, 4) is 17.2 Å². The number of hydrogen-bond acceptors (Lipinski definition) is 19. The summed E-state index contributed by atoms with van der Waals surface area (Å²) in [4.78, 5) is 94.8. The number of hydroxylamine groups is 2. The molecule has 0 fully saturated rings. The third kappa shape index (κ3) is 22.0. The minimum Gasteiger partial charge on any atom is -0.502 e. The minimum absolute atomic E-state index is 0. The van der Waals surface area contributed by atoms with Crippen molar-refractivity contribution in [3.63, 3.8) is 0 Å². The van der Waals surface area contributed by atoms with E-state index >= 15 is 4.39 Å². The highest BCUT2D eigenvalue weighted by Gasteiger charge is 2.34. The van der Waals surface area contributed by atoms with Gasteiger partial charge in [0.2, 0.25) is 16.3 Å². The Kier molecular flexibility index (Phi) is 31.0. The lowest BCUT2D eigenvalue weighted by molar-refractivity contribution is 0.0221. The average Bonchev–Trinajstić information content (AvgIpc) is 1.70. The number of nitrogens with zero attached hydrogens (tertiary/aromatic N) is 3. The lowest BCUT2D eigenvalue weighted by Gasteiger charge is -2.26. The monoisotopic (exact) mass is 1800 g/mol. The molecular weight excluding hydrogens is 1720 g/mol. The maximum Gasteiger partial charge on any atom is 0.358 e. The van der Waals surface area contributed by atoms with Gasteiger partial charge in [0, 0.05) is 85.4 Å². The van der Waals surface area contributed by atoms with Crippen LogP contribution >= 0.6 is 47.7 Å². The Hall–Kier alpha value is -13.8. The quantitative estimate of drug-likeness (QED) is 0.0218. The Balaban J connectivity index is 0.000000155. The van der Waals surface area contributed by atoms with Crippen molar-refractivity contribution < 1.29 is 74.9 Å². The van der Waals surface area contributed by atoms with Gasteiger partial charge in [-0.2, -0.15) is 0 Å². The van der Waals surface area contributed by atoms with Gasteiger partial charge in [0.05, 0.1) is 37.9 Å². The Morgan fingerprint density at radius 1 is 0.362 bits per heavy atom. The molecule has 17 rings (SSSR count). The summed E-state index contributed by atoms with van der Waals surface area (Å²) in [5, 5.41) is 20.5. The van der Waals surface area contributed by atoms with Crippen molar-refractivity contribution in [3.05, 3.63) is 458 Å². The molecule has 22 nitrogen and oxygen atoms in total. The molecule has 0 saturated carbocycles. The minimum atomic E-state index is -1.38. The molecule has 0 radical (unpaired) electrons. The van der Waals surface area contributed by atoms with Crippen LogP contribution in [0.4, 0.5) is 26.3 Å². The van der Waals surface area contributed by atoms with Crippen molar-refractivity contribution in [2.24, 2.45) is 5.90 Å². The van der Waals surface area contributed by atoms with Gasteiger partial charge in [-0.05, 0) is 97.6 Å². The van der Waals surface area contributed by atoms with Gasteiger partial charge in [-0.3, -0.25) is 52.5 Å². The van der Waals surface area contributed by atoms with Crippen LogP contribution in [0.3, 0.4) is 0 Å². The normalized spacial score (nSPS) is 13.6. The molecule has 2 amide bonds. The molecule has 127 heavy (non-hydrogen) atoms. The van der Waals surface area contributed by atoms with E-state index in [1.165, 1.54) is 98.2 Å². The summed E-state index contributed by atoms with van der Waals surface area (Å²) in [6.45, 7) is 0.658. The number of nitrogens with one attached hydrogen (secondary N) is 5. The molecule has 0 aliphatic carbocycles. The number of ether oxygens (including phenoxy) is 2. The lowest BCUT2D eigenvalue weighted by atomic mass is 9.95. The van der Waals surface area contributed by atoms with Crippen LogP contribution in [-0.4, -0.2) is 42.0 Å². The smallest absolute Gasteiger partial charge is 0.358 e. The maximum absolute atomic E-state index is 15.1. The van der Waals surface area contributed by atoms with E-state index in [9.17, 15) is 60.9 Å². The molecule has 0 spiro atoms. The van der Waals surface area contributed by atoms with E-state index in [0.717, 1.165) is 83.5 Å². The van der Waals surface area contributed by atoms with Crippen LogP contribution in [0, 0.1) is 34.9 Å². The summed E-state index contributed by atoms with van der Waals surface area (Å²) in [7, 11) is 0. The first-order valence-electron chi connectivity index (χ1n) is 39.0. The van der Waals surface area contributed by atoms with Crippen molar-refractivity contribution in [1.82, 2.24) is 25.0 Å². The number of aromatic hydroxyl groups is 1. The summed E-state index contributed by atoms with van der Waals surface area (Å²) in [5.74, 6) is -4.51. The van der Waals surface area contributed by atoms with Crippen LogP contribution in [-0.2, 0) is 64.8 Å². The van der Waals surface area contributed by atoms with Crippen LogP contribution in [0.25, 0.3) is 0 Å². The highest BCUT2D eigenvalue weighted by atomic mass is 35.5. The first-order chi connectivity index (χ1) is 61.3. The Morgan fingerprint density at radius 3 is 1.00 bits per heavy atom. The number of thioether (sulfide) groups is 3. The number of fused-ring (bicyclic) bond motifs is 6. The van der Waals surface area contributed by atoms with Crippen LogP contribution in [0.2, 0.25) is 0 Å². The number of pyridine rings is 3. The number of benzene rings is 11. The van der Waals surface area contributed by atoms with E-state index in [0.29, 0.717) is 23.3 Å². The summed E-state index contributed by atoms with van der Waals surface area (Å²) in [6, 6.07) is 77.7. The number of aromatic carboxylic acids is 1. The highest BCUT2D eigenvalue weighted by molar-refractivity contribution is 7.99. The zero-order valence-electron chi connectivity index (χ0n) is 66.9. The molecule has 3 atom stereocenters. The number of carboxylic acid groups (broad SMARTS) is 1. The molecule has 0 saturated heterocycles. The van der Waals surface area contributed by atoms with Crippen molar-refractivity contribution >= 4 is 65.5 Å². The Bertz CT molecular complexity index is 6450. The molecule has 14 aromatic rings. The van der Waals surface area contributed by atoms with Crippen LogP contribution in [0.1, 0.15) is 127 Å². The number of rotatable bonds is 23. The average molecular weight is 1800 g/mol. The number of halogens is 7. The molecule has 11 aromatic carbocycles. The molecule has 648 valence electrons. The van der Waals surface area contributed by atoms with Crippen molar-refractivity contribution in [2.45, 2.75) is 83.1 Å². The second-order valence-corrected chi connectivity index (χ2v) is 31.3. The van der Waals surface area contributed by atoms with Gasteiger partial charge in [-0.15, -0.1) is 47.7 Å². The maximum atomic E-state index is 15.1. The number of carboxylic acids is 1. The molecule has 3 aliphatic heterocycles. The predicted octanol–water partition coefficient (Wildman–Crippen LogP) is 18.0. The molecule has 3 aromatic heterocycles. The highest BCUT2D eigenvalue weighted by Crippen LogP contribution is 2.45. The fraction of sp³-hybridized carbons (Fsp3) is 0.116. The van der Waals surface area contributed by atoms with E-state index < -0.39 is 104 Å². The third-order valence-corrected chi connectivity index (χ3v) is 23.4. The van der Waals surface area contributed by atoms with Gasteiger partial charge in [0.25, 0.3) is 11.8 Å². The second-order valence-electron chi connectivity index (χ2n) is 28.2. The van der Waals surface area contributed by atoms with Gasteiger partial charge in [-0.25, -0.2) is 48.0 Å². The molecule has 6 heterocycles. The number of nitrogens with two attached hydrogens (primary N) is 1. The summed E-state index contributed by atoms with van der Waals surface area (Å²) >= 11 is 4.11. The molecule has 3 unspecified atom stereocenters. The zero-order chi connectivity index (χ0) is 88.2. The van der Waals surface area contributed by atoms with E-state index in [-0.39, 0.29) is 90.0 Å². The van der Waals surface area contributed by atoms with Gasteiger partial charge < -0.3 is 36.0 Å². The molecular formula is C95H78ClF6N9O13S3. The van der Waals surface area contributed by atoms with E-state index in [2.05, 4.69) is 32.1 Å². The number of aromatic nitrogens is 3. The predicted molar refractivity (Wildman–Crippen MR) is 473 cm³/mol. The molecule has 9 N–H and O–H groups in total. The number of amides is 2.